The molecule has 3 heteroatoms. The molecular formula is C18H23NO2. The van der Waals surface area contributed by atoms with E-state index in [-0.39, 0.29) is 16.8 Å². The van der Waals surface area contributed by atoms with Gasteiger partial charge in [-0.1, -0.05) is 43.6 Å². The first-order chi connectivity index (χ1) is 9.84. The van der Waals surface area contributed by atoms with Gasteiger partial charge in [0, 0.05) is 5.41 Å². The Hall–Kier alpha value is -1.64. The van der Waals surface area contributed by atoms with Gasteiger partial charge in [-0.25, -0.2) is 4.79 Å². The molecule has 2 atom stereocenters. The van der Waals surface area contributed by atoms with E-state index in [0.29, 0.717) is 11.5 Å². The van der Waals surface area contributed by atoms with E-state index in [1.165, 1.54) is 6.42 Å². The van der Waals surface area contributed by atoms with Crippen LogP contribution in [-0.2, 0) is 4.84 Å². The molecule has 3 rings (SSSR count). The highest BCUT2D eigenvalue weighted by atomic mass is 16.7. The Kier molecular flexibility index (Phi) is 3.19. The molecular weight excluding hydrogens is 262 g/mol. The Morgan fingerprint density at radius 1 is 1.24 bits per heavy atom. The summed E-state index contributed by atoms with van der Waals surface area (Å²) in [7, 11) is 0. The van der Waals surface area contributed by atoms with E-state index >= 15 is 0 Å². The molecule has 0 saturated heterocycles. The molecule has 0 aromatic heterocycles. The molecule has 0 unspecified atom stereocenters. The first kappa shape index (κ1) is 14.3. The van der Waals surface area contributed by atoms with Gasteiger partial charge in [0.2, 0.25) is 0 Å². The summed E-state index contributed by atoms with van der Waals surface area (Å²) in [5, 5.41) is 4.24. The molecule has 0 radical (unpaired) electrons. The van der Waals surface area contributed by atoms with Gasteiger partial charge in [0.05, 0.1) is 11.3 Å². The average molecular weight is 285 g/mol. The van der Waals surface area contributed by atoms with E-state index in [9.17, 15) is 4.79 Å². The van der Waals surface area contributed by atoms with Crippen LogP contribution in [0, 0.1) is 23.7 Å². The molecule has 21 heavy (non-hydrogen) atoms. The van der Waals surface area contributed by atoms with Crippen molar-refractivity contribution in [3.8, 4) is 0 Å². The minimum absolute atomic E-state index is 0.0746. The summed E-state index contributed by atoms with van der Waals surface area (Å²) < 4.78 is 0. The monoisotopic (exact) mass is 285 g/mol. The lowest BCUT2D eigenvalue weighted by Crippen LogP contribution is -2.32. The second-order valence-corrected chi connectivity index (χ2v) is 7.28. The van der Waals surface area contributed by atoms with Gasteiger partial charge in [-0.2, -0.15) is 0 Å². The predicted molar refractivity (Wildman–Crippen MR) is 83.3 cm³/mol. The van der Waals surface area contributed by atoms with Crippen LogP contribution in [0.25, 0.3) is 0 Å². The fraction of sp³-hybridized carbons (Fsp3) is 0.556. The zero-order valence-electron chi connectivity index (χ0n) is 13.3. The highest BCUT2D eigenvalue weighted by Gasteiger charge is 2.60. The molecule has 2 fully saturated rings. The van der Waals surface area contributed by atoms with E-state index in [4.69, 9.17) is 4.84 Å². The van der Waals surface area contributed by atoms with Crippen LogP contribution in [0.3, 0.4) is 0 Å². The maximum atomic E-state index is 12.1. The molecule has 3 nitrogen and oxygen atoms in total. The van der Waals surface area contributed by atoms with Gasteiger partial charge in [0.15, 0.2) is 0 Å². The summed E-state index contributed by atoms with van der Waals surface area (Å²) >= 11 is 0. The minimum Gasteiger partial charge on any atom is -0.313 e. The van der Waals surface area contributed by atoms with E-state index in [1.807, 2.05) is 19.1 Å². The van der Waals surface area contributed by atoms with Crippen LogP contribution in [0.15, 0.2) is 29.4 Å². The van der Waals surface area contributed by atoms with E-state index in [2.05, 4.69) is 25.9 Å². The predicted octanol–water partition coefficient (Wildman–Crippen LogP) is 4.35. The molecule has 0 aliphatic heterocycles. The molecule has 1 aromatic rings. The summed E-state index contributed by atoms with van der Waals surface area (Å²) in [5.74, 6) is 0.297. The van der Waals surface area contributed by atoms with Crippen LogP contribution in [0.1, 0.15) is 56.0 Å². The van der Waals surface area contributed by atoms with Gasteiger partial charge in [-0.3, -0.25) is 0 Å². The number of oxime groups is 1. The molecule has 2 aliphatic carbocycles. The summed E-state index contributed by atoms with van der Waals surface area (Å²) in [4.78, 5) is 17.3. The van der Waals surface area contributed by atoms with E-state index in [1.54, 1.807) is 12.1 Å². The Morgan fingerprint density at radius 3 is 2.43 bits per heavy atom. The summed E-state index contributed by atoms with van der Waals surface area (Å²) in [6.07, 6.45) is 3.37. The fourth-order valence-electron chi connectivity index (χ4n) is 3.91. The number of fused-ring (bicyclic) bond motifs is 2. The number of benzene rings is 1. The highest BCUT2D eigenvalue weighted by molar-refractivity contribution is 5.95. The SMILES string of the molecule is Cc1ccc(C(=O)O/N=C2/C[C@@H]3CC[C@@]2(C)C3(C)C)cc1. The Balaban J connectivity index is 1.76. The lowest BCUT2D eigenvalue weighted by Gasteiger charge is -2.34. The molecule has 2 aliphatic rings. The lowest BCUT2D eigenvalue weighted by molar-refractivity contribution is 0.0508. The number of carbonyl (C=O) groups is 1. The molecule has 1 aromatic carbocycles. The summed E-state index contributed by atoms with van der Waals surface area (Å²) in [6, 6.07) is 7.38. The number of hydrogen-bond acceptors (Lipinski definition) is 3. The van der Waals surface area contributed by atoms with Crippen LogP contribution < -0.4 is 0 Å². The van der Waals surface area contributed by atoms with Gasteiger partial charge in [-0.15, -0.1) is 0 Å². The molecule has 2 saturated carbocycles. The van der Waals surface area contributed by atoms with Crippen LogP contribution in [0.2, 0.25) is 0 Å². The second kappa shape index (κ2) is 4.69. The average Bonchev–Trinajstić information content (AvgIpc) is 2.78. The number of aryl methyl sites for hydroxylation is 1. The van der Waals surface area contributed by atoms with Gasteiger partial charge < -0.3 is 4.84 Å². The largest absolute Gasteiger partial charge is 0.365 e. The van der Waals surface area contributed by atoms with Crippen molar-refractivity contribution in [3.63, 3.8) is 0 Å². The molecule has 0 heterocycles. The third-order valence-corrected chi connectivity index (χ3v) is 6.04. The van der Waals surface area contributed by atoms with Crippen LogP contribution in [0.4, 0.5) is 0 Å². The van der Waals surface area contributed by atoms with Gasteiger partial charge in [0.1, 0.15) is 0 Å². The Morgan fingerprint density at radius 2 is 1.90 bits per heavy atom. The van der Waals surface area contributed by atoms with Gasteiger partial charge in [0.25, 0.3) is 0 Å². The number of hydrogen-bond donors (Lipinski definition) is 0. The molecule has 2 bridgehead atoms. The first-order valence-corrected chi connectivity index (χ1v) is 7.70. The molecule has 0 amide bonds. The van der Waals surface area contributed by atoms with Crippen molar-refractivity contribution in [2.24, 2.45) is 21.9 Å². The Labute approximate surface area is 126 Å². The van der Waals surface area contributed by atoms with Crippen LogP contribution in [-0.4, -0.2) is 11.7 Å². The standard InChI is InChI=1S/C18H23NO2/c1-12-5-7-13(8-6-12)16(20)21-19-15-11-14-9-10-18(15,4)17(14,2)3/h5-8,14H,9-11H2,1-4H3/b19-15-/t14-,18+/m0/s1. The van der Waals surface area contributed by atoms with Gasteiger partial charge in [-0.05, 0) is 49.7 Å². The first-order valence-electron chi connectivity index (χ1n) is 7.70. The normalized spacial score (nSPS) is 31.6. The molecule has 112 valence electrons. The number of nitrogens with zero attached hydrogens (tertiary/aromatic N) is 1. The van der Waals surface area contributed by atoms with E-state index in [0.717, 1.165) is 24.1 Å². The third kappa shape index (κ3) is 2.10. The maximum Gasteiger partial charge on any atom is 0.365 e. The molecule has 0 spiro atoms. The number of carbonyl (C=O) groups excluding carboxylic acids is 1. The van der Waals surface area contributed by atoms with Crippen molar-refractivity contribution in [1.82, 2.24) is 0 Å². The topological polar surface area (TPSA) is 38.7 Å². The fourth-order valence-corrected chi connectivity index (χ4v) is 3.91. The van der Waals surface area contributed by atoms with E-state index < -0.39 is 0 Å². The number of rotatable bonds is 2. The second-order valence-electron chi connectivity index (χ2n) is 7.28. The third-order valence-electron chi connectivity index (χ3n) is 6.04. The van der Waals surface area contributed by atoms with Gasteiger partial charge >= 0.3 is 5.97 Å². The van der Waals surface area contributed by atoms with Crippen molar-refractivity contribution in [2.75, 3.05) is 0 Å². The minimum atomic E-state index is -0.369. The summed E-state index contributed by atoms with van der Waals surface area (Å²) in [6.45, 7) is 8.88. The zero-order chi connectivity index (χ0) is 15.3. The van der Waals surface area contributed by atoms with Crippen molar-refractivity contribution < 1.29 is 9.63 Å². The van der Waals surface area contributed by atoms with Crippen molar-refractivity contribution >= 4 is 11.7 Å². The Bertz CT molecular complexity index is 600. The molecule has 0 N–H and O–H groups in total. The highest BCUT2D eigenvalue weighted by Crippen LogP contribution is 2.63. The van der Waals surface area contributed by atoms with Crippen molar-refractivity contribution in [3.05, 3.63) is 35.4 Å². The lowest BCUT2D eigenvalue weighted by atomic mass is 9.70. The van der Waals surface area contributed by atoms with Crippen molar-refractivity contribution in [2.45, 2.75) is 47.0 Å². The summed E-state index contributed by atoms with van der Waals surface area (Å²) in [5.41, 5.74) is 3.06. The maximum absolute atomic E-state index is 12.1. The smallest absolute Gasteiger partial charge is 0.313 e. The van der Waals surface area contributed by atoms with Crippen molar-refractivity contribution in [1.29, 1.82) is 0 Å². The van der Waals surface area contributed by atoms with Crippen LogP contribution in [0.5, 0.6) is 0 Å². The van der Waals surface area contributed by atoms with Crippen LogP contribution >= 0.6 is 0 Å². The quantitative estimate of drug-likeness (QED) is 0.598. The zero-order valence-corrected chi connectivity index (χ0v) is 13.3.